The average molecular weight is 185 g/mol. The Balaban J connectivity index is 2.18. The minimum absolute atomic E-state index is 0.179. The van der Waals surface area contributed by atoms with Crippen LogP contribution in [0.25, 0.3) is 0 Å². The summed E-state index contributed by atoms with van der Waals surface area (Å²) < 4.78 is 0. The lowest BCUT2D eigenvalue weighted by molar-refractivity contribution is 0.296. The topological polar surface area (TPSA) is 3.24 Å². The Bertz CT molecular complexity index is 317. The van der Waals surface area contributed by atoms with Crippen LogP contribution in [0.5, 0.6) is 0 Å². The first-order valence-electron chi connectivity index (χ1n) is 5.17. The van der Waals surface area contributed by atoms with Crippen LogP contribution in [-0.4, -0.2) is 18.0 Å². The van der Waals surface area contributed by atoms with Gasteiger partial charge >= 0.3 is 0 Å². The Kier molecular flexibility index (Phi) is 2.86. The fourth-order valence-electron chi connectivity index (χ4n) is 2.05. The standard InChI is InChI=1S/C13H15N/c1-2-13(14-10-6-7-11-14)12-8-4-3-5-9-12/h1,3-5,8-9,13H,6-7,10-11H2. The van der Waals surface area contributed by atoms with E-state index in [0.717, 1.165) is 13.1 Å². The fourth-order valence-corrected chi connectivity index (χ4v) is 2.05. The molecule has 1 fully saturated rings. The van der Waals surface area contributed by atoms with Crippen LogP contribution in [0.2, 0.25) is 0 Å². The van der Waals surface area contributed by atoms with Gasteiger partial charge in [0.05, 0.1) is 6.04 Å². The molecule has 0 N–H and O–H groups in total. The van der Waals surface area contributed by atoms with Crippen molar-refractivity contribution in [2.75, 3.05) is 13.1 Å². The van der Waals surface area contributed by atoms with Gasteiger partial charge in [0.25, 0.3) is 0 Å². The van der Waals surface area contributed by atoms with Gasteiger partial charge in [-0.3, -0.25) is 4.90 Å². The van der Waals surface area contributed by atoms with Gasteiger partial charge < -0.3 is 0 Å². The summed E-state index contributed by atoms with van der Waals surface area (Å²) in [5.74, 6) is 2.89. The summed E-state index contributed by atoms with van der Waals surface area (Å²) in [4.78, 5) is 2.38. The van der Waals surface area contributed by atoms with E-state index >= 15 is 0 Å². The van der Waals surface area contributed by atoms with E-state index in [4.69, 9.17) is 6.42 Å². The molecule has 1 aliphatic rings. The van der Waals surface area contributed by atoms with Gasteiger partial charge in [0.1, 0.15) is 0 Å². The van der Waals surface area contributed by atoms with Gasteiger partial charge in [0.15, 0.2) is 0 Å². The highest BCUT2D eigenvalue weighted by Crippen LogP contribution is 2.23. The predicted octanol–water partition coefficient (Wildman–Crippen LogP) is 2.46. The van der Waals surface area contributed by atoms with Gasteiger partial charge in [0.2, 0.25) is 0 Å². The highest BCUT2D eigenvalue weighted by atomic mass is 15.2. The van der Waals surface area contributed by atoms with Crippen LogP contribution in [0.15, 0.2) is 30.3 Å². The lowest BCUT2D eigenvalue weighted by Crippen LogP contribution is -2.24. The second-order valence-electron chi connectivity index (χ2n) is 3.72. The number of terminal acetylenes is 1. The summed E-state index contributed by atoms with van der Waals surface area (Å²) in [6.07, 6.45) is 8.16. The van der Waals surface area contributed by atoms with Crippen molar-refractivity contribution < 1.29 is 0 Å². The largest absolute Gasteiger partial charge is 0.286 e. The normalized spacial score (nSPS) is 19.1. The SMILES string of the molecule is C#CC(c1ccccc1)N1CCCC1. The van der Waals surface area contributed by atoms with Gasteiger partial charge in [0, 0.05) is 0 Å². The van der Waals surface area contributed by atoms with E-state index in [1.165, 1.54) is 18.4 Å². The van der Waals surface area contributed by atoms with E-state index in [-0.39, 0.29) is 6.04 Å². The lowest BCUT2D eigenvalue weighted by Gasteiger charge is -2.22. The van der Waals surface area contributed by atoms with E-state index in [9.17, 15) is 0 Å². The minimum atomic E-state index is 0.179. The maximum absolute atomic E-state index is 5.59. The third kappa shape index (κ3) is 1.81. The summed E-state index contributed by atoms with van der Waals surface area (Å²) in [5, 5.41) is 0. The first-order valence-corrected chi connectivity index (χ1v) is 5.17. The lowest BCUT2D eigenvalue weighted by atomic mass is 10.1. The second kappa shape index (κ2) is 4.30. The van der Waals surface area contributed by atoms with Gasteiger partial charge in [-0.1, -0.05) is 36.3 Å². The Morgan fingerprint density at radius 3 is 2.36 bits per heavy atom. The number of hydrogen-bond acceptors (Lipinski definition) is 1. The van der Waals surface area contributed by atoms with Crippen molar-refractivity contribution in [2.45, 2.75) is 18.9 Å². The molecule has 14 heavy (non-hydrogen) atoms. The van der Waals surface area contributed by atoms with Crippen molar-refractivity contribution in [3.05, 3.63) is 35.9 Å². The van der Waals surface area contributed by atoms with Crippen molar-refractivity contribution in [1.82, 2.24) is 4.90 Å². The van der Waals surface area contributed by atoms with Crippen molar-refractivity contribution in [3.63, 3.8) is 0 Å². The number of benzene rings is 1. The quantitative estimate of drug-likeness (QED) is 0.640. The number of hydrogen-bond donors (Lipinski definition) is 0. The Hall–Kier alpha value is -1.26. The maximum atomic E-state index is 5.59. The second-order valence-corrected chi connectivity index (χ2v) is 3.72. The zero-order chi connectivity index (χ0) is 9.80. The van der Waals surface area contributed by atoms with Crippen molar-refractivity contribution >= 4 is 0 Å². The van der Waals surface area contributed by atoms with Crippen LogP contribution in [0.1, 0.15) is 24.4 Å². The summed E-state index contributed by atoms with van der Waals surface area (Å²) in [7, 11) is 0. The summed E-state index contributed by atoms with van der Waals surface area (Å²) in [5.41, 5.74) is 1.25. The van der Waals surface area contributed by atoms with E-state index < -0.39 is 0 Å². The van der Waals surface area contributed by atoms with Crippen molar-refractivity contribution in [3.8, 4) is 12.3 Å². The van der Waals surface area contributed by atoms with Crippen LogP contribution in [0.4, 0.5) is 0 Å². The van der Waals surface area contributed by atoms with Crippen LogP contribution in [0, 0.1) is 12.3 Å². The summed E-state index contributed by atoms with van der Waals surface area (Å²) in [6, 6.07) is 10.5. The van der Waals surface area contributed by atoms with E-state index in [2.05, 4.69) is 35.1 Å². The van der Waals surface area contributed by atoms with Crippen LogP contribution in [-0.2, 0) is 0 Å². The summed E-state index contributed by atoms with van der Waals surface area (Å²) >= 11 is 0. The molecular weight excluding hydrogens is 170 g/mol. The molecule has 1 atom stereocenters. The van der Waals surface area contributed by atoms with E-state index in [0.29, 0.717) is 0 Å². The third-order valence-electron chi connectivity index (χ3n) is 2.78. The molecule has 0 aliphatic carbocycles. The van der Waals surface area contributed by atoms with Crippen molar-refractivity contribution in [1.29, 1.82) is 0 Å². The Morgan fingerprint density at radius 1 is 1.14 bits per heavy atom. The van der Waals surface area contributed by atoms with Crippen LogP contribution >= 0.6 is 0 Å². The molecule has 1 unspecified atom stereocenters. The van der Waals surface area contributed by atoms with Gasteiger partial charge in [-0.2, -0.15) is 0 Å². The molecule has 1 nitrogen and oxygen atoms in total. The Labute approximate surface area is 85.7 Å². The van der Waals surface area contributed by atoms with Crippen LogP contribution < -0.4 is 0 Å². The molecule has 1 saturated heterocycles. The monoisotopic (exact) mass is 185 g/mol. The fraction of sp³-hybridized carbons (Fsp3) is 0.385. The predicted molar refractivity (Wildman–Crippen MR) is 58.8 cm³/mol. The maximum Gasteiger partial charge on any atom is 0.0968 e. The third-order valence-corrected chi connectivity index (χ3v) is 2.78. The molecule has 1 aromatic carbocycles. The molecule has 72 valence electrons. The summed E-state index contributed by atoms with van der Waals surface area (Å²) in [6.45, 7) is 2.29. The zero-order valence-electron chi connectivity index (χ0n) is 8.32. The van der Waals surface area contributed by atoms with E-state index in [1.807, 2.05) is 6.07 Å². The molecule has 0 saturated carbocycles. The molecule has 1 heterocycles. The smallest absolute Gasteiger partial charge is 0.0968 e. The van der Waals surface area contributed by atoms with Gasteiger partial charge in [-0.15, -0.1) is 6.42 Å². The molecule has 1 aliphatic heterocycles. The van der Waals surface area contributed by atoms with Gasteiger partial charge in [-0.25, -0.2) is 0 Å². The molecule has 0 bridgehead atoms. The highest BCUT2D eigenvalue weighted by Gasteiger charge is 2.20. The molecule has 2 rings (SSSR count). The molecule has 0 aromatic heterocycles. The van der Waals surface area contributed by atoms with Crippen molar-refractivity contribution in [2.24, 2.45) is 0 Å². The number of rotatable bonds is 2. The Morgan fingerprint density at radius 2 is 1.79 bits per heavy atom. The van der Waals surface area contributed by atoms with Gasteiger partial charge in [-0.05, 0) is 31.5 Å². The molecule has 0 spiro atoms. The zero-order valence-corrected chi connectivity index (χ0v) is 8.32. The number of likely N-dealkylation sites (tertiary alicyclic amines) is 1. The highest BCUT2D eigenvalue weighted by molar-refractivity contribution is 5.25. The molecule has 0 radical (unpaired) electrons. The molecular formula is C13H15N. The van der Waals surface area contributed by atoms with Crippen LogP contribution in [0.3, 0.4) is 0 Å². The van der Waals surface area contributed by atoms with E-state index in [1.54, 1.807) is 0 Å². The molecule has 1 heteroatoms. The first-order chi connectivity index (χ1) is 6.92. The molecule has 0 amide bonds. The number of nitrogens with zero attached hydrogens (tertiary/aromatic N) is 1. The first kappa shape index (κ1) is 9.30. The minimum Gasteiger partial charge on any atom is -0.286 e. The average Bonchev–Trinajstić information content (AvgIpc) is 2.74. The molecule has 1 aromatic rings.